The number of benzene rings is 1. The fraction of sp³-hybridized carbons (Fsp3) is 0.211. The van der Waals surface area contributed by atoms with E-state index >= 15 is 0 Å². The van der Waals surface area contributed by atoms with E-state index in [1.807, 2.05) is 4.72 Å². The van der Waals surface area contributed by atoms with Crippen LogP contribution in [0.3, 0.4) is 0 Å². The minimum absolute atomic E-state index is 0.125. The topological polar surface area (TPSA) is 153 Å². The summed E-state index contributed by atoms with van der Waals surface area (Å²) in [4.78, 5) is 27.7. The molecule has 0 aliphatic heterocycles. The van der Waals surface area contributed by atoms with Crippen LogP contribution < -0.4 is 10.0 Å². The lowest BCUT2D eigenvalue weighted by atomic mass is 10.2. The molecule has 0 radical (unpaired) electrons. The van der Waals surface area contributed by atoms with Gasteiger partial charge < -0.3 is 10.1 Å². The maximum absolute atomic E-state index is 12.7. The van der Waals surface area contributed by atoms with E-state index in [-0.39, 0.29) is 34.4 Å². The minimum atomic E-state index is -4.27. The number of carbonyl (C=O) groups is 2. The van der Waals surface area contributed by atoms with Crippen molar-refractivity contribution in [1.82, 2.24) is 19.4 Å². The lowest BCUT2D eigenvalue weighted by molar-refractivity contribution is 0.0978. The molecule has 2 heterocycles. The summed E-state index contributed by atoms with van der Waals surface area (Å²) in [5.74, 6) is -1.07. The molecule has 0 aliphatic carbocycles. The number of imidazole rings is 1. The standard InChI is InChI=1S/C19H20N4O7S2/c1-3-30-19(25)20-12-13-7-9-14(10-8-13)32(28,29)22-17(24)16-15-6-4-5-11-23(15)18(21-16)31(2,26)27/h4-11H,3,12H2,1-2H3,(H,20,25)(H,22,24). The van der Waals surface area contributed by atoms with E-state index in [2.05, 4.69) is 10.3 Å². The van der Waals surface area contributed by atoms with E-state index in [9.17, 15) is 26.4 Å². The Kier molecular flexibility index (Phi) is 6.50. The summed E-state index contributed by atoms with van der Waals surface area (Å²) >= 11 is 0. The molecule has 0 bridgehead atoms. The zero-order chi connectivity index (χ0) is 23.5. The molecule has 1 aromatic carbocycles. The molecule has 0 atom stereocenters. The van der Waals surface area contributed by atoms with Gasteiger partial charge in [0, 0.05) is 19.0 Å². The minimum Gasteiger partial charge on any atom is -0.450 e. The molecule has 2 N–H and O–H groups in total. The smallest absolute Gasteiger partial charge is 0.407 e. The number of ether oxygens (including phenoxy) is 1. The van der Waals surface area contributed by atoms with Gasteiger partial charge in [0.25, 0.3) is 15.9 Å². The first kappa shape index (κ1) is 23.2. The van der Waals surface area contributed by atoms with Gasteiger partial charge in [-0.15, -0.1) is 0 Å². The number of amides is 2. The number of pyridine rings is 1. The lowest BCUT2D eigenvalue weighted by Gasteiger charge is -2.08. The number of aromatic nitrogens is 2. The van der Waals surface area contributed by atoms with Crippen molar-refractivity contribution in [3.05, 3.63) is 59.9 Å². The molecular weight excluding hydrogens is 460 g/mol. The summed E-state index contributed by atoms with van der Waals surface area (Å²) in [7, 11) is -8.04. The summed E-state index contributed by atoms with van der Waals surface area (Å²) in [5.41, 5.74) is 0.409. The van der Waals surface area contributed by atoms with E-state index in [0.717, 1.165) is 6.26 Å². The van der Waals surface area contributed by atoms with Crippen molar-refractivity contribution < 1.29 is 31.2 Å². The van der Waals surface area contributed by atoms with Crippen molar-refractivity contribution in [1.29, 1.82) is 0 Å². The SMILES string of the molecule is CCOC(=O)NCc1ccc(S(=O)(=O)NC(=O)c2nc(S(C)(=O)=O)n3ccccc23)cc1. The number of rotatable bonds is 7. The Morgan fingerprint density at radius 3 is 2.38 bits per heavy atom. The van der Waals surface area contributed by atoms with Gasteiger partial charge in [-0.25, -0.2) is 31.3 Å². The van der Waals surface area contributed by atoms with Gasteiger partial charge >= 0.3 is 6.09 Å². The van der Waals surface area contributed by atoms with E-state index < -0.39 is 31.9 Å². The number of sulfonamides is 1. The second kappa shape index (κ2) is 8.96. The molecule has 0 spiro atoms. The highest BCUT2D eigenvalue weighted by Crippen LogP contribution is 2.18. The van der Waals surface area contributed by atoms with Crippen molar-refractivity contribution in [2.75, 3.05) is 12.9 Å². The molecule has 3 aromatic rings. The maximum Gasteiger partial charge on any atom is 0.407 e. The van der Waals surface area contributed by atoms with Crippen molar-refractivity contribution in [2.24, 2.45) is 0 Å². The first-order valence-corrected chi connectivity index (χ1v) is 12.6. The monoisotopic (exact) mass is 480 g/mol. The first-order chi connectivity index (χ1) is 15.0. The Morgan fingerprint density at radius 2 is 1.75 bits per heavy atom. The van der Waals surface area contributed by atoms with Crippen LogP contribution in [0.4, 0.5) is 4.79 Å². The summed E-state index contributed by atoms with van der Waals surface area (Å²) in [5, 5.41) is 2.12. The molecule has 3 rings (SSSR count). The van der Waals surface area contributed by atoms with Crippen LogP contribution in [0.2, 0.25) is 0 Å². The number of alkyl carbamates (subject to hydrolysis) is 1. The molecule has 2 aromatic heterocycles. The average Bonchev–Trinajstić information content (AvgIpc) is 3.13. The molecule has 0 saturated heterocycles. The van der Waals surface area contributed by atoms with Crippen LogP contribution in [-0.2, 0) is 31.1 Å². The number of sulfone groups is 1. The van der Waals surface area contributed by atoms with Gasteiger partial charge in [-0.1, -0.05) is 18.2 Å². The van der Waals surface area contributed by atoms with Crippen LogP contribution in [0.15, 0.2) is 58.7 Å². The Bertz CT molecular complexity index is 1380. The third-order valence-corrected chi connectivity index (χ3v) is 6.53. The highest BCUT2D eigenvalue weighted by molar-refractivity contribution is 7.90. The Balaban J connectivity index is 1.81. The number of carbonyl (C=O) groups excluding carboxylic acids is 2. The van der Waals surface area contributed by atoms with Gasteiger partial charge in [-0.05, 0) is 36.8 Å². The Morgan fingerprint density at radius 1 is 1.06 bits per heavy atom. The molecule has 0 aliphatic rings. The normalized spacial score (nSPS) is 11.8. The van der Waals surface area contributed by atoms with Crippen LogP contribution in [0.1, 0.15) is 23.0 Å². The fourth-order valence-corrected chi connectivity index (χ4v) is 4.54. The van der Waals surface area contributed by atoms with Gasteiger partial charge in [0.1, 0.15) is 0 Å². The first-order valence-electron chi connectivity index (χ1n) is 9.27. The summed E-state index contributed by atoms with van der Waals surface area (Å²) in [6.07, 6.45) is 1.75. The van der Waals surface area contributed by atoms with E-state index in [1.165, 1.54) is 40.9 Å². The van der Waals surface area contributed by atoms with Gasteiger partial charge in [-0.2, -0.15) is 0 Å². The van der Waals surface area contributed by atoms with Crippen LogP contribution in [0, 0.1) is 0 Å². The summed E-state index contributed by atoms with van der Waals surface area (Å²) in [6, 6.07) is 10.1. The van der Waals surface area contributed by atoms with Gasteiger partial charge in [0.15, 0.2) is 5.69 Å². The number of hydrogen-bond acceptors (Lipinski definition) is 8. The number of nitrogens with zero attached hydrogens (tertiary/aromatic N) is 2. The lowest BCUT2D eigenvalue weighted by Crippen LogP contribution is -2.31. The predicted molar refractivity (Wildman–Crippen MR) is 113 cm³/mol. The van der Waals surface area contributed by atoms with Crippen molar-refractivity contribution in [2.45, 2.75) is 23.5 Å². The Hall–Kier alpha value is -3.45. The summed E-state index contributed by atoms with van der Waals surface area (Å²) in [6.45, 7) is 2.02. The summed E-state index contributed by atoms with van der Waals surface area (Å²) < 4.78 is 57.1. The van der Waals surface area contributed by atoms with Crippen LogP contribution in [-0.4, -0.2) is 51.1 Å². The molecule has 170 valence electrons. The van der Waals surface area contributed by atoms with Crippen LogP contribution in [0.5, 0.6) is 0 Å². The molecule has 0 saturated carbocycles. The molecular formula is C19H20N4O7S2. The van der Waals surface area contributed by atoms with Crippen molar-refractivity contribution in [3.63, 3.8) is 0 Å². The number of hydrogen-bond donors (Lipinski definition) is 2. The molecule has 0 unspecified atom stereocenters. The zero-order valence-corrected chi connectivity index (χ0v) is 18.7. The fourth-order valence-electron chi connectivity index (χ4n) is 2.81. The zero-order valence-electron chi connectivity index (χ0n) is 17.1. The van der Waals surface area contributed by atoms with Gasteiger partial charge in [0.2, 0.25) is 15.0 Å². The van der Waals surface area contributed by atoms with Crippen molar-refractivity contribution in [3.8, 4) is 0 Å². The molecule has 32 heavy (non-hydrogen) atoms. The molecule has 13 heteroatoms. The third kappa shape index (κ3) is 5.06. The molecule has 2 amide bonds. The number of fused-ring (bicyclic) bond motifs is 1. The van der Waals surface area contributed by atoms with Gasteiger partial charge in [0.05, 0.1) is 17.0 Å². The van der Waals surface area contributed by atoms with E-state index in [1.54, 1.807) is 19.1 Å². The largest absolute Gasteiger partial charge is 0.450 e. The highest BCUT2D eigenvalue weighted by atomic mass is 32.2. The second-order valence-corrected chi connectivity index (χ2v) is 10.2. The van der Waals surface area contributed by atoms with E-state index in [0.29, 0.717) is 5.56 Å². The predicted octanol–water partition coefficient (Wildman–Crippen LogP) is 1.10. The molecule has 11 nitrogen and oxygen atoms in total. The van der Waals surface area contributed by atoms with Gasteiger partial charge in [-0.3, -0.25) is 9.20 Å². The van der Waals surface area contributed by atoms with Crippen LogP contribution in [0.25, 0.3) is 5.52 Å². The molecule has 0 fully saturated rings. The Labute approximate surface area is 184 Å². The maximum atomic E-state index is 12.7. The van der Waals surface area contributed by atoms with E-state index in [4.69, 9.17) is 4.74 Å². The highest BCUT2D eigenvalue weighted by Gasteiger charge is 2.26. The van der Waals surface area contributed by atoms with Crippen LogP contribution >= 0.6 is 0 Å². The average molecular weight is 481 g/mol. The van der Waals surface area contributed by atoms with Crippen molar-refractivity contribution >= 4 is 37.4 Å². The second-order valence-electron chi connectivity index (χ2n) is 6.62. The quantitative estimate of drug-likeness (QED) is 0.510. The number of nitrogens with one attached hydrogen (secondary N) is 2. The third-order valence-electron chi connectivity index (χ3n) is 4.24.